The lowest BCUT2D eigenvalue weighted by molar-refractivity contribution is 0.995. The minimum atomic E-state index is 0.648. The van der Waals surface area contributed by atoms with Gasteiger partial charge in [-0.3, -0.25) is 4.57 Å². The van der Waals surface area contributed by atoms with Crippen LogP contribution in [0.15, 0.2) is 206 Å². The average molecular weight is 715 g/mol. The highest BCUT2D eigenvalue weighted by Gasteiger charge is 2.19. The molecule has 0 spiro atoms. The van der Waals surface area contributed by atoms with Gasteiger partial charge in [0, 0.05) is 38.4 Å². The Balaban J connectivity index is 1.06. The van der Waals surface area contributed by atoms with Gasteiger partial charge in [0.25, 0.3) is 0 Å². The van der Waals surface area contributed by atoms with Gasteiger partial charge >= 0.3 is 0 Å². The van der Waals surface area contributed by atoms with Crippen LogP contribution in [0, 0.1) is 0 Å². The summed E-state index contributed by atoms with van der Waals surface area (Å²) in [6.07, 6.45) is 0. The fraction of sp³-hybridized carbons (Fsp3) is 0. The van der Waals surface area contributed by atoms with Gasteiger partial charge in [-0.2, -0.15) is 0 Å². The molecule has 0 saturated carbocycles. The Kier molecular flexibility index (Phi) is 7.46. The van der Waals surface area contributed by atoms with Crippen LogP contribution in [-0.4, -0.2) is 19.1 Å². The van der Waals surface area contributed by atoms with Gasteiger partial charge in [-0.05, 0) is 76.9 Å². The maximum atomic E-state index is 5.21. The molecule has 11 rings (SSSR count). The van der Waals surface area contributed by atoms with E-state index in [9.17, 15) is 0 Å². The topological polar surface area (TPSA) is 35.6 Å². The molecule has 0 atom stereocenters. The van der Waals surface area contributed by atoms with Crippen molar-refractivity contribution >= 4 is 43.6 Å². The number of fused-ring (bicyclic) bond motifs is 6. The quantitative estimate of drug-likeness (QED) is 0.172. The van der Waals surface area contributed by atoms with Crippen molar-refractivity contribution in [1.82, 2.24) is 19.1 Å². The lowest BCUT2D eigenvalue weighted by atomic mass is 10.0. The number of benzene rings is 8. The Bertz CT molecular complexity index is 3160. The van der Waals surface area contributed by atoms with Gasteiger partial charge in [-0.15, -0.1) is 0 Å². The van der Waals surface area contributed by atoms with Gasteiger partial charge in [0.05, 0.1) is 33.5 Å². The van der Waals surface area contributed by atoms with Gasteiger partial charge in [0.1, 0.15) is 0 Å². The first kappa shape index (κ1) is 31.9. The number of hydrogen-bond acceptors (Lipinski definition) is 2. The van der Waals surface area contributed by atoms with E-state index in [-0.39, 0.29) is 0 Å². The number of rotatable bonds is 6. The SMILES string of the molecule is c1ccc(-c2ccc(-n3c4ccccc4c4cc(-c5ccc6c(c5)c5ccccc5n6-c5nc(-c6ccccc6)cc(-c6ccccc6)n5)ccc43)cc2)cc1. The molecular weight excluding hydrogens is 681 g/mol. The minimum absolute atomic E-state index is 0.648. The second-order valence-corrected chi connectivity index (χ2v) is 14.3. The monoisotopic (exact) mass is 714 g/mol. The molecule has 0 aliphatic heterocycles. The van der Waals surface area contributed by atoms with Gasteiger partial charge in [0.15, 0.2) is 0 Å². The maximum absolute atomic E-state index is 5.21. The molecule has 56 heavy (non-hydrogen) atoms. The van der Waals surface area contributed by atoms with E-state index < -0.39 is 0 Å². The molecule has 0 unspecified atom stereocenters. The molecule has 0 radical (unpaired) electrons. The molecule has 4 heteroatoms. The molecule has 8 aromatic carbocycles. The maximum Gasteiger partial charge on any atom is 0.235 e. The second kappa shape index (κ2) is 13.1. The Morgan fingerprint density at radius 3 is 1.20 bits per heavy atom. The lowest BCUT2D eigenvalue weighted by Gasteiger charge is -2.12. The summed E-state index contributed by atoms with van der Waals surface area (Å²) in [6, 6.07) is 73.2. The summed E-state index contributed by atoms with van der Waals surface area (Å²) in [5, 5.41) is 4.79. The molecule has 3 heterocycles. The smallest absolute Gasteiger partial charge is 0.235 e. The van der Waals surface area contributed by atoms with Crippen molar-refractivity contribution in [3.05, 3.63) is 206 Å². The van der Waals surface area contributed by atoms with E-state index in [1.54, 1.807) is 0 Å². The summed E-state index contributed by atoms with van der Waals surface area (Å²) in [5.41, 5.74) is 14.3. The van der Waals surface area contributed by atoms with Gasteiger partial charge in [-0.25, -0.2) is 9.97 Å². The Hall–Kier alpha value is -7.56. The largest absolute Gasteiger partial charge is 0.309 e. The lowest BCUT2D eigenvalue weighted by Crippen LogP contribution is -2.03. The van der Waals surface area contributed by atoms with Crippen LogP contribution in [0.5, 0.6) is 0 Å². The Morgan fingerprint density at radius 2 is 0.661 bits per heavy atom. The van der Waals surface area contributed by atoms with Crippen molar-refractivity contribution in [2.75, 3.05) is 0 Å². The number of para-hydroxylation sites is 2. The molecular formula is C52H34N4. The van der Waals surface area contributed by atoms with Gasteiger partial charge in [-0.1, -0.05) is 152 Å². The molecule has 11 aromatic rings. The molecule has 0 aliphatic carbocycles. The number of aromatic nitrogens is 4. The van der Waals surface area contributed by atoms with Crippen molar-refractivity contribution in [3.8, 4) is 56.4 Å². The molecule has 4 nitrogen and oxygen atoms in total. The first-order valence-electron chi connectivity index (χ1n) is 19.0. The zero-order valence-electron chi connectivity index (χ0n) is 30.4. The predicted octanol–water partition coefficient (Wildman–Crippen LogP) is 13.3. The van der Waals surface area contributed by atoms with Crippen molar-refractivity contribution in [2.24, 2.45) is 0 Å². The van der Waals surface area contributed by atoms with Crippen LogP contribution in [0.1, 0.15) is 0 Å². The molecule has 0 N–H and O–H groups in total. The minimum Gasteiger partial charge on any atom is -0.309 e. The number of hydrogen-bond donors (Lipinski definition) is 0. The molecule has 0 amide bonds. The molecule has 0 bridgehead atoms. The van der Waals surface area contributed by atoms with Crippen molar-refractivity contribution < 1.29 is 0 Å². The molecule has 0 fully saturated rings. The standard InChI is InChI=1S/C52H34N4/c1-4-14-35(15-5-1)36-24-28-41(29-25-36)55-48-22-12-10-20-42(48)44-32-39(26-30-50(44)55)40-27-31-51-45(33-40)43-21-11-13-23-49(43)56(51)52-53-46(37-16-6-2-7-17-37)34-47(54-52)38-18-8-3-9-19-38/h1-34H. The van der Waals surface area contributed by atoms with E-state index >= 15 is 0 Å². The highest BCUT2D eigenvalue weighted by Crippen LogP contribution is 2.39. The average Bonchev–Trinajstić information content (AvgIpc) is 3.79. The van der Waals surface area contributed by atoms with E-state index in [2.05, 4.69) is 203 Å². The first-order chi connectivity index (χ1) is 27.8. The molecule has 262 valence electrons. The summed E-state index contributed by atoms with van der Waals surface area (Å²) < 4.78 is 4.60. The first-order valence-corrected chi connectivity index (χ1v) is 19.0. The van der Waals surface area contributed by atoms with Gasteiger partial charge < -0.3 is 4.57 Å². The fourth-order valence-electron chi connectivity index (χ4n) is 8.28. The van der Waals surface area contributed by atoms with E-state index in [1.807, 2.05) is 12.1 Å². The Morgan fingerprint density at radius 1 is 0.268 bits per heavy atom. The summed E-state index contributed by atoms with van der Waals surface area (Å²) >= 11 is 0. The van der Waals surface area contributed by atoms with Crippen LogP contribution in [0.4, 0.5) is 0 Å². The zero-order valence-corrected chi connectivity index (χ0v) is 30.4. The zero-order chi connectivity index (χ0) is 37.0. The van der Waals surface area contributed by atoms with Crippen molar-refractivity contribution in [3.63, 3.8) is 0 Å². The van der Waals surface area contributed by atoms with Crippen molar-refractivity contribution in [1.29, 1.82) is 0 Å². The highest BCUT2D eigenvalue weighted by molar-refractivity contribution is 6.12. The van der Waals surface area contributed by atoms with Crippen LogP contribution >= 0.6 is 0 Å². The molecule has 3 aromatic heterocycles. The third-order valence-electron chi connectivity index (χ3n) is 11.0. The third kappa shape index (κ3) is 5.31. The van der Waals surface area contributed by atoms with E-state index in [4.69, 9.17) is 9.97 Å². The summed E-state index contributed by atoms with van der Waals surface area (Å²) in [5.74, 6) is 0.648. The normalized spacial score (nSPS) is 11.6. The second-order valence-electron chi connectivity index (χ2n) is 14.3. The van der Waals surface area contributed by atoms with Crippen LogP contribution in [0.25, 0.3) is 100 Å². The number of nitrogens with zero attached hydrogens (tertiary/aromatic N) is 4. The van der Waals surface area contributed by atoms with Crippen molar-refractivity contribution in [2.45, 2.75) is 0 Å². The van der Waals surface area contributed by atoms with Crippen LogP contribution < -0.4 is 0 Å². The predicted molar refractivity (Wildman–Crippen MR) is 232 cm³/mol. The Labute approximate surface area is 324 Å². The summed E-state index contributed by atoms with van der Waals surface area (Å²) in [7, 11) is 0. The summed E-state index contributed by atoms with van der Waals surface area (Å²) in [6.45, 7) is 0. The molecule has 0 saturated heterocycles. The third-order valence-corrected chi connectivity index (χ3v) is 11.0. The van der Waals surface area contributed by atoms with E-state index in [1.165, 1.54) is 38.5 Å². The highest BCUT2D eigenvalue weighted by atomic mass is 15.2. The molecule has 0 aliphatic rings. The van der Waals surface area contributed by atoms with E-state index in [0.717, 1.165) is 55.6 Å². The van der Waals surface area contributed by atoms with Gasteiger partial charge in [0.2, 0.25) is 5.95 Å². The van der Waals surface area contributed by atoms with E-state index in [0.29, 0.717) is 5.95 Å². The van der Waals surface area contributed by atoms with Crippen LogP contribution in [0.2, 0.25) is 0 Å². The summed E-state index contributed by atoms with van der Waals surface area (Å²) in [4.78, 5) is 10.4. The fourth-order valence-corrected chi connectivity index (χ4v) is 8.28. The van der Waals surface area contributed by atoms with Crippen LogP contribution in [0.3, 0.4) is 0 Å². The van der Waals surface area contributed by atoms with Crippen LogP contribution in [-0.2, 0) is 0 Å².